The highest BCUT2D eigenvalue weighted by atomic mass is 35.5. The molecule has 0 saturated heterocycles. The number of nitrogens with one attached hydrogen (secondary N) is 1. The Morgan fingerprint density at radius 2 is 1.95 bits per heavy atom. The molecule has 110 valence electrons. The molecule has 20 heavy (non-hydrogen) atoms. The second-order valence-corrected chi connectivity index (χ2v) is 3.78. The minimum atomic E-state index is -0.507. The van der Waals surface area contributed by atoms with Gasteiger partial charge in [-0.15, -0.1) is 24.8 Å². The van der Waals surface area contributed by atoms with Gasteiger partial charge in [-0.2, -0.15) is 0 Å². The van der Waals surface area contributed by atoms with Crippen LogP contribution in [0.3, 0.4) is 0 Å². The van der Waals surface area contributed by atoms with Gasteiger partial charge in [0.25, 0.3) is 5.91 Å². The minimum absolute atomic E-state index is 0. The molecule has 0 unspecified atom stereocenters. The van der Waals surface area contributed by atoms with Gasteiger partial charge in [0.2, 0.25) is 0 Å². The molecular weight excluding hydrogens is 306 g/mol. The molecule has 0 atom stereocenters. The third-order valence-electron chi connectivity index (χ3n) is 2.45. The summed E-state index contributed by atoms with van der Waals surface area (Å²) in [4.78, 5) is 19.9. The first-order valence-corrected chi connectivity index (χ1v) is 5.61. The van der Waals surface area contributed by atoms with Crippen molar-refractivity contribution in [3.8, 4) is 0 Å². The van der Waals surface area contributed by atoms with Gasteiger partial charge in [0.15, 0.2) is 0 Å². The first-order valence-electron chi connectivity index (χ1n) is 5.61. The molecule has 2 aromatic rings. The molecule has 1 aromatic carbocycles. The van der Waals surface area contributed by atoms with Crippen molar-refractivity contribution >= 4 is 41.8 Å². The molecule has 2 rings (SSSR count). The van der Waals surface area contributed by atoms with E-state index in [9.17, 15) is 9.18 Å². The van der Waals surface area contributed by atoms with Crippen LogP contribution in [-0.4, -0.2) is 29.0 Å². The molecule has 1 aromatic heterocycles. The number of amides is 1. The number of nitrogens with zero attached hydrogens (tertiary/aromatic N) is 2. The standard InChI is InChI=1S/C12H13FN4O.2ClH/c13-8-6-9(12(18)17-3-1-2-14)11-10(7-8)15-4-5-16-11;;/h4-7H,1-3,14H2,(H,17,18);2*1H. The Morgan fingerprint density at radius 3 is 2.65 bits per heavy atom. The predicted octanol–water partition coefficient (Wildman–Crippen LogP) is 1.69. The third kappa shape index (κ3) is 4.26. The molecule has 3 N–H and O–H groups in total. The van der Waals surface area contributed by atoms with Crippen LogP contribution >= 0.6 is 24.8 Å². The third-order valence-corrected chi connectivity index (χ3v) is 2.45. The number of carbonyl (C=O) groups excluding carboxylic acids is 1. The van der Waals surface area contributed by atoms with Gasteiger partial charge in [0.05, 0.1) is 11.1 Å². The smallest absolute Gasteiger partial charge is 0.253 e. The molecule has 0 saturated carbocycles. The van der Waals surface area contributed by atoms with E-state index in [4.69, 9.17) is 5.73 Å². The summed E-state index contributed by atoms with van der Waals surface area (Å²) < 4.78 is 13.4. The maximum Gasteiger partial charge on any atom is 0.253 e. The Hall–Kier alpha value is -1.50. The number of nitrogens with two attached hydrogens (primary N) is 1. The molecule has 0 bridgehead atoms. The molecule has 0 fully saturated rings. The van der Waals surface area contributed by atoms with E-state index in [-0.39, 0.29) is 36.3 Å². The van der Waals surface area contributed by atoms with Crippen LogP contribution in [-0.2, 0) is 0 Å². The topological polar surface area (TPSA) is 80.9 Å². The number of rotatable bonds is 4. The van der Waals surface area contributed by atoms with Crippen LogP contribution in [0.1, 0.15) is 16.8 Å². The van der Waals surface area contributed by atoms with E-state index in [1.807, 2.05) is 0 Å². The Balaban J connectivity index is 0.00000180. The van der Waals surface area contributed by atoms with Gasteiger partial charge in [-0.25, -0.2) is 4.39 Å². The van der Waals surface area contributed by atoms with E-state index >= 15 is 0 Å². The lowest BCUT2D eigenvalue weighted by molar-refractivity contribution is 0.0954. The van der Waals surface area contributed by atoms with E-state index in [0.29, 0.717) is 30.5 Å². The Morgan fingerprint density at radius 1 is 1.25 bits per heavy atom. The maximum absolute atomic E-state index is 13.4. The molecule has 0 spiro atoms. The molecular formula is C12H15Cl2FN4O. The summed E-state index contributed by atoms with van der Waals surface area (Å²) in [6.07, 6.45) is 3.60. The summed E-state index contributed by atoms with van der Waals surface area (Å²) in [5.74, 6) is -0.875. The molecule has 0 aliphatic rings. The van der Waals surface area contributed by atoms with E-state index in [1.165, 1.54) is 18.5 Å². The summed E-state index contributed by atoms with van der Waals surface area (Å²) in [6, 6.07) is 2.41. The zero-order valence-electron chi connectivity index (χ0n) is 10.5. The first-order chi connectivity index (χ1) is 8.72. The predicted molar refractivity (Wildman–Crippen MR) is 80.0 cm³/mol. The summed E-state index contributed by atoms with van der Waals surface area (Å²) in [6.45, 7) is 0.942. The number of benzene rings is 1. The average Bonchev–Trinajstić information content (AvgIpc) is 2.38. The number of fused-ring (bicyclic) bond motifs is 1. The van der Waals surface area contributed by atoms with Crippen molar-refractivity contribution in [3.05, 3.63) is 35.9 Å². The second kappa shape index (κ2) is 8.63. The zero-order chi connectivity index (χ0) is 13.0. The summed E-state index contributed by atoms with van der Waals surface area (Å²) >= 11 is 0. The van der Waals surface area contributed by atoms with Crippen LogP contribution in [0.5, 0.6) is 0 Å². The van der Waals surface area contributed by atoms with E-state index < -0.39 is 5.82 Å². The molecule has 0 aliphatic heterocycles. The fourth-order valence-electron chi connectivity index (χ4n) is 1.61. The highest BCUT2D eigenvalue weighted by Gasteiger charge is 2.13. The molecule has 8 heteroatoms. The zero-order valence-corrected chi connectivity index (χ0v) is 12.1. The average molecular weight is 321 g/mol. The molecule has 1 heterocycles. The van der Waals surface area contributed by atoms with Crippen molar-refractivity contribution in [1.82, 2.24) is 15.3 Å². The van der Waals surface area contributed by atoms with Crippen LogP contribution in [0.25, 0.3) is 11.0 Å². The van der Waals surface area contributed by atoms with E-state index in [1.54, 1.807) is 0 Å². The van der Waals surface area contributed by atoms with Gasteiger partial charge >= 0.3 is 0 Å². The number of hydrogen-bond donors (Lipinski definition) is 2. The lowest BCUT2D eigenvalue weighted by atomic mass is 10.1. The van der Waals surface area contributed by atoms with Crippen molar-refractivity contribution in [2.45, 2.75) is 6.42 Å². The van der Waals surface area contributed by atoms with Crippen LogP contribution in [0.4, 0.5) is 4.39 Å². The maximum atomic E-state index is 13.4. The van der Waals surface area contributed by atoms with Crippen molar-refractivity contribution in [2.75, 3.05) is 13.1 Å². The monoisotopic (exact) mass is 320 g/mol. The summed E-state index contributed by atoms with van der Waals surface area (Å²) in [7, 11) is 0. The Kier molecular flexibility index (Phi) is 7.98. The lowest BCUT2D eigenvalue weighted by Crippen LogP contribution is -2.26. The molecule has 5 nitrogen and oxygen atoms in total. The number of carbonyl (C=O) groups is 1. The Bertz CT molecular complexity index is 582. The molecule has 0 radical (unpaired) electrons. The van der Waals surface area contributed by atoms with Gasteiger partial charge in [-0.3, -0.25) is 14.8 Å². The van der Waals surface area contributed by atoms with E-state index in [0.717, 1.165) is 6.07 Å². The van der Waals surface area contributed by atoms with Crippen molar-refractivity contribution in [3.63, 3.8) is 0 Å². The summed E-state index contributed by atoms with van der Waals surface area (Å²) in [5, 5.41) is 2.67. The normalized spacial score (nSPS) is 9.50. The quantitative estimate of drug-likeness (QED) is 0.840. The van der Waals surface area contributed by atoms with Crippen LogP contribution < -0.4 is 11.1 Å². The van der Waals surface area contributed by atoms with Crippen LogP contribution in [0.2, 0.25) is 0 Å². The van der Waals surface area contributed by atoms with Crippen LogP contribution in [0.15, 0.2) is 24.5 Å². The van der Waals surface area contributed by atoms with Crippen molar-refractivity contribution in [1.29, 1.82) is 0 Å². The van der Waals surface area contributed by atoms with Crippen LogP contribution in [0, 0.1) is 5.82 Å². The minimum Gasteiger partial charge on any atom is -0.352 e. The van der Waals surface area contributed by atoms with E-state index in [2.05, 4.69) is 15.3 Å². The first kappa shape index (κ1) is 18.5. The van der Waals surface area contributed by atoms with Gasteiger partial charge < -0.3 is 11.1 Å². The SMILES string of the molecule is Cl.Cl.NCCCNC(=O)c1cc(F)cc2nccnc12. The highest BCUT2D eigenvalue weighted by molar-refractivity contribution is 6.04. The molecule has 1 amide bonds. The van der Waals surface area contributed by atoms with Gasteiger partial charge in [-0.1, -0.05) is 0 Å². The Labute approximate surface area is 128 Å². The fourth-order valence-corrected chi connectivity index (χ4v) is 1.61. The van der Waals surface area contributed by atoms with Gasteiger partial charge in [-0.05, 0) is 19.0 Å². The number of hydrogen-bond acceptors (Lipinski definition) is 4. The largest absolute Gasteiger partial charge is 0.352 e. The van der Waals surface area contributed by atoms with Crippen molar-refractivity contribution < 1.29 is 9.18 Å². The second-order valence-electron chi connectivity index (χ2n) is 3.78. The van der Waals surface area contributed by atoms with Gasteiger partial charge in [0.1, 0.15) is 11.3 Å². The lowest BCUT2D eigenvalue weighted by Gasteiger charge is -2.06. The summed E-state index contributed by atoms with van der Waals surface area (Å²) in [5.41, 5.74) is 6.28. The molecule has 0 aliphatic carbocycles. The number of aromatic nitrogens is 2. The number of halogens is 3. The highest BCUT2D eigenvalue weighted by Crippen LogP contribution is 2.16. The van der Waals surface area contributed by atoms with Crippen molar-refractivity contribution in [2.24, 2.45) is 5.73 Å². The van der Waals surface area contributed by atoms with Gasteiger partial charge in [0, 0.05) is 25.0 Å². The fraction of sp³-hybridized carbons (Fsp3) is 0.250.